The Hall–Kier alpha value is -1.00. The molecule has 0 spiro atoms. The van der Waals surface area contributed by atoms with Crippen LogP contribution in [-0.2, 0) is 6.42 Å². The molecule has 0 aliphatic rings. The Labute approximate surface area is 154 Å². The van der Waals surface area contributed by atoms with Crippen LogP contribution < -0.4 is 5.73 Å². The number of halogens is 3. The quantitative estimate of drug-likeness (QED) is 0.483. The monoisotopic (exact) mass is 410 g/mol. The molecule has 5 heteroatoms. The number of hydrogen-bond donors (Lipinski definition) is 2. The first-order valence-corrected chi connectivity index (χ1v) is 9.11. The summed E-state index contributed by atoms with van der Waals surface area (Å²) in [6.45, 7) is 0.709. The zero-order valence-corrected chi connectivity index (χ0v) is 15.6. The first-order chi connectivity index (χ1) is 11.1. The van der Waals surface area contributed by atoms with Gasteiger partial charge in [-0.25, -0.2) is 0 Å². The normalized spacial score (nSPS) is 11.3. The molecule has 120 valence electrons. The number of aromatic nitrogens is 1. The molecular formula is C18H17BrCl2N2. The summed E-state index contributed by atoms with van der Waals surface area (Å²) >= 11 is 16.1. The minimum absolute atomic E-state index is 0.565. The van der Waals surface area contributed by atoms with Crippen LogP contribution in [0.3, 0.4) is 0 Å². The van der Waals surface area contributed by atoms with E-state index in [0.29, 0.717) is 16.6 Å². The Balaban J connectivity index is 2.18. The molecule has 0 radical (unpaired) electrons. The van der Waals surface area contributed by atoms with Crippen LogP contribution in [0.1, 0.15) is 18.4 Å². The number of fused-ring (bicyclic) bond motifs is 1. The van der Waals surface area contributed by atoms with Gasteiger partial charge in [-0.3, -0.25) is 0 Å². The Bertz CT molecular complexity index is 842. The molecule has 3 N–H and O–H groups in total. The van der Waals surface area contributed by atoms with Crippen LogP contribution in [-0.4, -0.2) is 11.5 Å². The molecule has 0 aliphatic carbocycles. The molecule has 2 aromatic carbocycles. The number of benzene rings is 2. The largest absolute Gasteiger partial charge is 0.353 e. The summed E-state index contributed by atoms with van der Waals surface area (Å²) in [5.41, 5.74) is 10.0. The Morgan fingerprint density at radius 3 is 2.65 bits per heavy atom. The van der Waals surface area contributed by atoms with Crippen molar-refractivity contribution >= 4 is 50.0 Å². The topological polar surface area (TPSA) is 41.8 Å². The maximum atomic E-state index is 6.40. The lowest BCUT2D eigenvalue weighted by molar-refractivity contribution is 0.748. The Kier molecular flexibility index (Phi) is 5.32. The molecule has 0 bridgehead atoms. The summed E-state index contributed by atoms with van der Waals surface area (Å²) in [5, 5.41) is 2.27. The van der Waals surface area contributed by atoms with Crippen LogP contribution >= 0.6 is 39.1 Å². The average molecular weight is 412 g/mol. The first kappa shape index (κ1) is 16.8. The number of nitrogens with one attached hydrogen (secondary N) is 1. The average Bonchev–Trinajstić information content (AvgIpc) is 2.91. The summed E-state index contributed by atoms with van der Waals surface area (Å²) in [5.74, 6) is 0. The van der Waals surface area contributed by atoms with E-state index in [9.17, 15) is 0 Å². The maximum Gasteiger partial charge on any atom is 0.0833 e. The summed E-state index contributed by atoms with van der Waals surface area (Å²) in [7, 11) is 0. The van der Waals surface area contributed by atoms with Crippen molar-refractivity contribution in [2.75, 3.05) is 6.54 Å². The van der Waals surface area contributed by atoms with E-state index in [2.05, 4.69) is 33.0 Å². The van der Waals surface area contributed by atoms with E-state index < -0.39 is 0 Å². The standard InChI is InChI=1S/C18H17BrCl2N2/c19-12-5-3-4-11(10-12)17-13(6-1-2-9-22)14-7-8-15(20)16(21)18(14)23-17/h3-5,7-8,10,23H,1-2,6,9,22H2. The third-order valence-electron chi connectivity index (χ3n) is 3.97. The molecule has 0 saturated heterocycles. The van der Waals surface area contributed by atoms with Gasteiger partial charge in [0.15, 0.2) is 0 Å². The van der Waals surface area contributed by atoms with Crippen molar-refractivity contribution in [3.8, 4) is 11.3 Å². The molecule has 0 aliphatic heterocycles. The SMILES string of the molecule is NCCCCc1c(-c2cccc(Br)c2)[nH]c2c(Cl)c(Cl)ccc12. The van der Waals surface area contributed by atoms with Crippen molar-refractivity contribution in [1.82, 2.24) is 4.98 Å². The van der Waals surface area contributed by atoms with E-state index in [1.165, 1.54) is 5.56 Å². The fourth-order valence-corrected chi connectivity index (χ4v) is 3.62. The zero-order chi connectivity index (χ0) is 16.4. The van der Waals surface area contributed by atoms with Crippen molar-refractivity contribution in [2.45, 2.75) is 19.3 Å². The van der Waals surface area contributed by atoms with E-state index >= 15 is 0 Å². The van der Waals surface area contributed by atoms with Gasteiger partial charge < -0.3 is 10.7 Å². The van der Waals surface area contributed by atoms with E-state index in [1.807, 2.05) is 24.3 Å². The van der Waals surface area contributed by atoms with Crippen molar-refractivity contribution in [2.24, 2.45) is 5.73 Å². The van der Waals surface area contributed by atoms with Crippen LogP contribution in [0.25, 0.3) is 22.2 Å². The van der Waals surface area contributed by atoms with Gasteiger partial charge >= 0.3 is 0 Å². The van der Waals surface area contributed by atoms with E-state index in [1.54, 1.807) is 0 Å². The molecule has 0 unspecified atom stereocenters. The first-order valence-electron chi connectivity index (χ1n) is 7.56. The van der Waals surface area contributed by atoms with Gasteiger partial charge in [0.2, 0.25) is 0 Å². The molecule has 2 nitrogen and oxygen atoms in total. The molecule has 0 amide bonds. The number of aryl methyl sites for hydroxylation is 1. The van der Waals surface area contributed by atoms with Crippen LogP contribution in [0, 0.1) is 0 Å². The van der Waals surface area contributed by atoms with Gasteiger partial charge in [-0.05, 0) is 55.1 Å². The van der Waals surface area contributed by atoms with Gasteiger partial charge in [-0.15, -0.1) is 0 Å². The van der Waals surface area contributed by atoms with Crippen molar-refractivity contribution in [3.63, 3.8) is 0 Å². The smallest absolute Gasteiger partial charge is 0.0833 e. The number of aromatic amines is 1. The Morgan fingerprint density at radius 1 is 1.09 bits per heavy atom. The van der Waals surface area contributed by atoms with Gasteiger partial charge in [0.05, 0.1) is 15.6 Å². The predicted octanol–water partition coefficient (Wildman–Crippen LogP) is 6.19. The maximum absolute atomic E-state index is 6.40. The number of unbranched alkanes of at least 4 members (excludes halogenated alkanes) is 1. The van der Waals surface area contributed by atoms with E-state index in [4.69, 9.17) is 28.9 Å². The molecule has 1 heterocycles. The van der Waals surface area contributed by atoms with Gasteiger partial charge in [-0.1, -0.05) is 57.3 Å². The highest BCUT2D eigenvalue weighted by Gasteiger charge is 2.16. The second-order valence-corrected chi connectivity index (χ2v) is 7.22. The lowest BCUT2D eigenvalue weighted by atomic mass is 10.0. The lowest BCUT2D eigenvalue weighted by Gasteiger charge is -2.06. The number of nitrogens with two attached hydrogens (primary N) is 1. The fraction of sp³-hybridized carbons (Fsp3) is 0.222. The third-order valence-corrected chi connectivity index (χ3v) is 5.26. The molecular weight excluding hydrogens is 395 g/mol. The highest BCUT2D eigenvalue weighted by atomic mass is 79.9. The molecule has 23 heavy (non-hydrogen) atoms. The van der Waals surface area contributed by atoms with Crippen molar-refractivity contribution < 1.29 is 0 Å². The number of H-pyrrole nitrogens is 1. The van der Waals surface area contributed by atoms with E-state index in [0.717, 1.165) is 45.9 Å². The fourth-order valence-electron chi connectivity index (χ4n) is 2.86. The third kappa shape index (κ3) is 3.43. The van der Waals surface area contributed by atoms with Gasteiger partial charge in [0, 0.05) is 15.6 Å². The highest BCUT2D eigenvalue weighted by Crippen LogP contribution is 2.38. The lowest BCUT2D eigenvalue weighted by Crippen LogP contribution is -1.99. The number of rotatable bonds is 5. The van der Waals surface area contributed by atoms with Crippen molar-refractivity contribution in [3.05, 3.63) is 56.5 Å². The summed E-state index contributed by atoms with van der Waals surface area (Å²) in [4.78, 5) is 3.48. The molecule has 3 aromatic rings. The summed E-state index contributed by atoms with van der Waals surface area (Å²) in [6.07, 6.45) is 3.01. The zero-order valence-electron chi connectivity index (χ0n) is 12.5. The van der Waals surface area contributed by atoms with Crippen LogP contribution in [0.15, 0.2) is 40.9 Å². The molecule has 0 saturated carbocycles. The molecule has 0 fully saturated rings. The molecule has 0 atom stereocenters. The van der Waals surface area contributed by atoms with Gasteiger partial charge in [0.25, 0.3) is 0 Å². The minimum Gasteiger partial charge on any atom is -0.353 e. The van der Waals surface area contributed by atoms with Crippen LogP contribution in [0.2, 0.25) is 10.0 Å². The summed E-state index contributed by atoms with van der Waals surface area (Å²) in [6, 6.07) is 12.1. The van der Waals surface area contributed by atoms with Crippen LogP contribution in [0.5, 0.6) is 0 Å². The molecule has 1 aromatic heterocycles. The molecule has 3 rings (SSSR count). The van der Waals surface area contributed by atoms with Crippen LogP contribution in [0.4, 0.5) is 0 Å². The van der Waals surface area contributed by atoms with Crippen molar-refractivity contribution in [1.29, 1.82) is 0 Å². The second-order valence-electron chi connectivity index (χ2n) is 5.52. The number of hydrogen-bond acceptors (Lipinski definition) is 1. The van der Waals surface area contributed by atoms with Gasteiger partial charge in [-0.2, -0.15) is 0 Å². The highest BCUT2D eigenvalue weighted by molar-refractivity contribution is 9.10. The summed E-state index contributed by atoms with van der Waals surface area (Å²) < 4.78 is 1.05. The minimum atomic E-state index is 0.565. The van der Waals surface area contributed by atoms with E-state index in [-0.39, 0.29) is 0 Å². The predicted molar refractivity (Wildman–Crippen MR) is 103 cm³/mol. The second kappa shape index (κ2) is 7.27. The van der Waals surface area contributed by atoms with Gasteiger partial charge in [0.1, 0.15) is 0 Å². The Morgan fingerprint density at radius 2 is 1.91 bits per heavy atom.